The van der Waals surface area contributed by atoms with Crippen molar-refractivity contribution in [3.05, 3.63) is 28.5 Å². The first-order valence-corrected chi connectivity index (χ1v) is 5.04. The number of halogens is 1. The number of nitriles is 1. The highest BCUT2D eigenvalue weighted by Gasteiger charge is 2.42. The van der Waals surface area contributed by atoms with E-state index in [0.717, 1.165) is 29.3 Å². The summed E-state index contributed by atoms with van der Waals surface area (Å²) < 4.78 is 0.985. The summed E-state index contributed by atoms with van der Waals surface area (Å²) in [6, 6.07) is 4.41. The summed E-state index contributed by atoms with van der Waals surface area (Å²) in [4.78, 5) is 4.07. The topological polar surface area (TPSA) is 36.7 Å². The number of hydrogen-bond donors (Lipinski definition) is 0. The molecular weight excluding hydrogens is 228 g/mol. The molecule has 1 aliphatic rings. The number of hydrogen-bond acceptors (Lipinski definition) is 2. The van der Waals surface area contributed by atoms with E-state index >= 15 is 0 Å². The zero-order valence-corrected chi connectivity index (χ0v) is 8.71. The molecule has 1 aromatic rings. The molecular formula is C10H9BrN2. The van der Waals surface area contributed by atoms with Gasteiger partial charge in [-0.25, -0.2) is 0 Å². The van der Waals surface area contributed by atoms with E-state index in [1.165, 1.54) is 0 Å². The minimum atomic E-state index is -0.0670. The van der Waals surface area contributed by atoms with E-state index < -0.39 is 0 Å². The summed E-state index contributed by atoms with van der Waals surface area (Å²) in [7, 11) is 0. The molecule has 1 aromatic heterocycles. The Morgan fingerprint density at radius 1 is 1.54 bits per heavy atom. The summed E-state index contributed by atoms with van der Waals surface area (Å²) in [5.74, 6) is 0. The van der Waals surface area contributed by atoms with Crippen molar-refractivity contribution < 1.29 is 0 Å². The Labute approximate surface area is 85.7 Å². The van der Waals surface area contributed by atoms with Crippen LogP contribution >= 0.6 is 15.9 Å². The van der Waals surface area contributed by atoms with Gasteiger partial charge >= 0.3 is 0 Å². The second-order valence-corrected chi connectivity index (χ2v) is 4.50. The molecule has 0 unspecified atom stereocenters. The number of rotatable bonds is 2. The molecule has 0 atom stereocenters. The van der Waals surface area contributed by atoms with Crippen LogP contribution in [0.25, 0.3) is 0 Å². The minimum absolute atomic E-state index is 0.0670. The van der Waals surface area contributed by atoms with Gasteiger partial charge in [0.2, 0.25) is 0 Å². The highest BCUT2D eigenvalue weighted by molar-refractivity contribution is 9.10. The van der Waals surface area contributed by atoms with Gasteiger partial charge in [-0.1, -0.05) is 0 Å². The number of aromatic nitrogens is 1. The van der Waals surface area contributed by atoms with Crippen LogP contribution in [0.3, 0.4) is 0 Å². The lowest BCUT2D eigenvalue weighted by atomic mass is 10.00. The molecule has 0 bridgehead atoms. The van der Waals surface area contributed by atoms with Gasteiger partial charge in [0, 0.05) is 16.9 Å². The molecule has 0 aromatic carbocycles. The molecule has 66 valence electrons. The summed E-state index contributed by atoms with van der Waals surface area (Å²) in [5, 5.41) is 8.91. The maximum absolute atomic E-state index is 8.91. The van der Waals surface area contributed by atoms with Crippen molar-refractivity contribution >= 4 is 15.9 Å². The molecule has 2 rings (SSSR count). The summed E-state index contributed by atoms with van der Waals surface area (Å²) in [6.07, 6.45) is 6.51. The van der Waals surface area contributed by atoms with Crippen LogP contribution in [0.15, 0.2) is 22.9 Å². The van der Waals surface area contributed by atoms with Crippen LogP contribution in [0.2, 0.25) is 0 Å². The van der Waals surface area contributed by atoms with Crippen LogP contribution in [0.4, 0.5) is 0 Å². The Morgan fingerprint density at radius 2 is 2.31 bits per heavy atom. The first-order chi connectivity index (χ1) is 6.24. The average molecular weight is 237 g/mol. The maximum atomic E-state index is 8.91. The van der Waals surface area contributed by atoms with Gasteiger partial charge in [-0.3, -0.25) is 4.98 Å². The zero-order valence-electron chi connectivity index (χ0n) is 7.13. The molecule has 0 amide bonds. The van der Waals surface area contributed by atoms with E-state index in [9.17, 15) is 0 Å². The first kappa shape index (κ1) is 8.71. The summed E-state index contributed by atoms with van der Waals surface area (Å²) in [6.45, 7) is 0. The molecule has 2 nitrogen and oxygen atoms in total. The monoisotopic (exact) mass is 236 g/mol. The van der Waals surface area contributed by atoms with Crippen molar-refractivity contribution in [2.24, 2.45) is 5.41 Å². The van der Waals surface area contributed by atoms with Crippen molar-refractivity contribution in [3.63, 3.8) is 0 Å². The Bertz CT molecular complexity index is 363. The van der Waals surface area contributed by atoms with Crippen molar-refractivity contribution in [2.45, 2.75) is 19.3 Å². The fourth-order valence-corrected chi connectivity index (χ4v) is 1.83. The molecule has 0 saturated heterocycles. The van der Waals surface area contributed by atoms with E-state index in [4.69, 9.17) is 5.26 Å². The lowest BCUT2D eigenvalue weighted by Crippen LogP contribution is -2.01. The SMILES string of the molecule is N#CC1(Cc2cncc(Br)c2)CC1. The number of pyridine rings is 1. The van der Waals surface area contributed by atoms with E-state index in [0.29, 0.717) is 0 Å². The molecule has 0 N–H and O–H groups in total. The van der Waals surface area contributed by atoms with Crippen LogP contribution in [-0.4, -0.2) is 4.98 Å². The van der Waals surface area contributed by atoms with Gasteiger partial charge in [-0.2, -0.15) is 5.26 Å². The van der Waals surface area contributed by atoms with Crippen LogP contribution in [-0.2, 0) is 6.42 Å². The largest absolute Gasteiger partial charge is 0.263 e. The third kappa shape index (κ3) is 1.89. The molecule has 1 heterocycles. The highest BCUT2D eigenvalue weighted by atomic mass is 79.9. The summed E-state index contributed by atoms with van der Waals surface area (Å²) >= 11 is 3.37. The fourth-order valence-electron chi connectivity index (χ4n) is 1.42. The van der Waals surface area contributed by atoms with Crippen LogP contribution in [0.5, 0.6) is 0 Å². The highest BCUT2D eigenvalue weighted by Crippen LogP contribution is 2.47. The van der Waals surface area contributed by atoms with Crippen molar-refractivity contribution in [1.29, 1.82) is 5.26 Å². The van der Waals surface area contributed by atoms with Gasteiger partial charge in [0.25, 0.3) is 0 Å². The number of nitrogens with zero attached hydrogens (tertiary/aromatic N) is 2. The van der Waals surface area contributed by atoms with Crippen molar-refractivity contribution in [1.82, 2.24) is 4.98 Å². The van der Waals surface area contributed by atoms with Gasteiger partial charge in [-0.15, -0.1) is 0 Å². The fraction of sp³-hybridized carbons (Fsp3) is 0.400. The van der Waals surface area contributed by atoms with Gasteiger partial charge in [0.05, 0.1) is 11.5 Å². The van der Waals surface area contributed by atoms with E-state index in [1.807, 2.05) is 12.3 Å². The van der Waals surface area contributed by atoms with E-state index in [-0.39, 0.29) is 5.41 Å². The standard InChI is InChI=1S/C10H9BrN2/c11-9-3-8(5-13-6-9)4-10(7-12)1-2-10/h3,5-6H,1-2,4H2. The van der Waals surface area contributed by atoms with Crippen LogP contribution in [0.1, 0.15) is 18.4 Å². The van der Waals surface area contributed by atoms with Crippen LogP contribution < -0.4 is 0 Å². The van der Waals surface area contributed by atoms with Gasteiger partial charge < -0.3 is 0 Å². The van der Waals surface area contributed by atoms with Gasteiger partial charge in [0.15, 0.2) is 0 Å². The predicted molar refractivity (Wildman–Crippen MR) is 52.9 cm³/mol. The predicted octanol–water partition coefficient (Wildman–Crippen LogP) is 2.69. The molecule has 1 aliphatic carbocycles. The Balaban J connectivity index is 2.15. The summed E-state index contributed by atoms with van der Waals surface area (Å²) in [5.41, 5.74) is 1.08. The first-order valence-electron chi connectivity index (χ1n) is 4.25. The second-order valence-electron chi connectivity index (χ2n) is 3.58. The maximum Gasteiger partial charge on any atom is 0.0693 e. The molecule has 1 saturated carbocycles. The molecule has 0 radical (unpaired) electrons. The second kappa shape index (κ2) is 3.12. The quantitative estimate of drug-likeness (QED) is 0.792. The Hall–Kier alpha value is -0.880. The van der Waals surface area contributed by atoms with E-state index in [1.54, 1.807) is 6.20 Å². The smallest absolute Gasteiger partial charge is 0.0693 e. The average Bonchev–Trinajstić information content (AvgIpc) is 2.86. The minimum Gasteiger partial charge on any atom is -0.263 e. The third-order valence-electron chi connectivity index (χ3n) is 2.39. The molecule has 3 heteroatoms. The zero-order chi connectivity index (χ0) is 9.31. The van der Waals surface area contributed by atoms with Gasteiger partial charge in [0.1, 0.15) is 0 Å². The lowest BCUT2D eigenvalue weighted by molar-refractivity contribution is 0.663. The normalized spacial score (nSPS) is 17.8. The van der Waals surface area contributed by atoms with Crippen LogP contribution in [0, 0.1) is 16.7 Å². The van der Waals surface area contributed by atoms with Crippen molar-refractivity contribution in [2.75, 3.05) is 0 Å². The van der Waals surface area contributed by atoms with E-state index in [2.05, 4.69) is 27.0 Å². The molecule has 13 heavy (non-hydrogen) atoms. The Morgan fingerprint density at radius 3 is 2.85 bits per heavy atom. The molecule has 0 spiro atoms. The molecule has 0 aliphatic heterocycles. The Kier molecular flexibility index (Phi) is 2.09. The third-order valence-corrected chi connectivity index (χ3v) is 2.83. The van der Waals surface area contributed by atoms with Gasteiger partial charge in [-0.05, 0) is 46.8 Å². The molecule has 1 fully saturated rings. The van der Waals surface area contributed by atoms with Crippen molar-refractivity contribution in [3.8, 4) is 6.07 Å². The lowest BCUT2D eigenvalue weighted by Gasteiger charge is -2.04.